The summed E-state index contributed by atoms with van der Waals surface area (Å²) in [7, 11) is 0. The van der Waals surface area contributed by atoms with E-state index in [1.165, 1.54) is 19.3 Å². The van der Waals surface area contributed by atoms with Gasteiger partial charge in [0.25, 0.3) is 0 Å². The summed E-state index contributed by atoms with van der Waals surface area (Å²) in [6, 6.07) is 0.592. The van der Waals surface area contributed by atoms with E-state index in [2.05, 4.69) is 37.4 Å². The highest BCUT2D eigenvalue weighted by Crippen LogP contribution is 2.12. The number of rotatable bonds is 7. The minimum Gasteiger partial charge on any atom is -0.380 e. The van der Waals surface area contributed by atoms with Crippen molar-refractivity contribution in [3.63, 3.8) is 0 Å². The van der Waals surface area contributed by atoms with Gasteiger partial charge in [0, 0.05) is 18.8 Å². The van der Waals surface area contributed by atoms with E-state index in [1.54, 1.807) is 0 Å². The molecule has 1 rings (SSSR count). The smallest absolute Gasteiger partial charge is 0.0728 e. The van der Waals surface area contributed by atoms with E-state index in [4.69, 9.17) is 0 Å². The van der Waals surface area contributed by atoms with E-state index in [0.29, 0.717) is 6.04 Å². The van der Waals surface area contributed by atoms with Crippen LogP contribution < -0.4 is 5.32 Å². The molecule has 0 aromatic carbocycles. The number of aryl methyl sites for hydroxylation is 1. The van der Waals surface area contributed by atoms with Crippen LogP contribution in [0, 0.1) is 0 Å². The third-order valence-electron chi connectivity index (χ3n) is 2.59. The lowest BCUT2D eigenvalue weighted by molar-refractivity contribution is 0.601. The first-order valence-corrected chi connectivity index (χ1v) is 6.09. The molecule has 0 radical (unpaired) electrons. The Morgan fingerprint density at radius 1 is 1.33 bits per heavy atom. The molecule has 3 nitrogen and oxygen atoms in total. The van der Waals surface area contributed by atoms with Gasteiger partial charge in [-0.3, -0.25) is 4.68 Å². The fourth-order valence-corrected chi connectivity index (χ4v) is 1.75. The van der Waals surface area contributed by atoms with E-state index in [9.17, 15) is 0 Å². The molecule has 0 amide bonds. The molecule has 15 heavy (non-hydrogen) atoms. The number of hydrogen-bond acceptors (Lipinski definition) is 2. The molecule has 0 aliphatic rings. The van der Waals surface area contributed by atoms with E-state index in [1.807, 2.05) is 10.9 Å². The van der Waals surface area contributed by atoms with E-state index < -0.39 is 0 Å². The quantitative estimate of drug-likeness (QED) is 0.747. The Balaban J connectivity index is 2.47. The van der Waals surface area contributed by atoms with Gasteiger partial charge in [-0.05, 0) is 19.3 Å². The van der Waals surface area contributed by atoms with Gasteiger partial charge in [-0.15, -0.1) is 0 Å². The summed E-state index contributed by atoms with van der Waals surface area (Å²) in [6.07, 6.45) is 8.79. The SMILES string of the molecule is CCCC(CC)Nc1cnn(CCC)c1. The fraction of sp³-hybridized carbons (Fsp3) is 0.750. The third kappa shape index (κ3) is 3.94. The molecule has 1 heterocycles. The Kier molecular flexibility index (Phi) is 5.22. The lowest BCUT2D eigenvalue weighted by atomic mass is 10.1. The zero-order valence-corrected chi connectivity index (χ0v) is 10.2. The maximum Gasteiger partial charge on any atom is 0.0728 e. The van der Waals surface area contributed by atoms with Gasteiger partial charge in [-0.25, -0.2) is 0 Å². The number of anilines is 1. The highest BCUT2D eigenvalue weighted by atomic mass is 15.3. The first kappa shape index (κ1) is 12.1. The second kappa shape index (κ2) is 6.49. The van der Waals surface area contributed by atoms with Crippen molar-refractivity contribution in [2.75, 3.05) is 5.32 Å². The first-order chi connectivity index (χ1) is 7.30. The van der Waals surface area contributed by atoms with Crippen LogP contribution in [0.25, 0.3) is 0 Å². The summed E-state index contributed by atoms with van der Waals surface area (Å²) >= 11 is 0. The Labute approximate surface area is 92.9 Å². The molecule has 0 saturated heterocycles. The predicted octanol–water partition coefficient (Wildman–Crippen LogP) is 3.28. The van der Waals surface area contributed by atoms with Crippen LogP contribution in [0.15, 0.2) is 12.4 Å². The summed E-state index contributed by atoms with van der Waals surface area (Å²) in [5.41, 5.74) is 1.16. The second-order valence-corrected chi connectivity index (χ2v) is 4.03. The van der Waals surface area contributed by atoms with Crippen LogP contribution in [0.2, 0.25) is 0 Å². The third-order valence-corrected chi connectivity index (χ3v) is 2.59. The summed E-state index contributed by atoms with van der Waals surface area (Å²) < 4.78 is 2.00. The Hall–Kier alpha value is -0.990. The van der Waals surface area contributed by atoms with Gasteiger partial charge >= 0.3 is 0 Å². The lowest BCUT2D eigenvalue weighted by Crippen LogP contribution is -2.17. The van der Waals surface area contributed by atoms with Gasteiger partial charge in [0.05, 0.1) is 11.9 Å². The molecule has 86 valence electrons. The summed E-state index contributed by atoms with van der Waals surface area (Å²) in [5.74, 6) is 0. The number of nitrogens with one attached hydrogen (secondary N) is 1. The fourth-order valence-electron chi connectivity index (χ4n) is 1.75. The summed E-state index contributed by atoms with van der Waals surface area (Å²) in [5, 5.41) is 7.83. The van der Waals surface area contributed by atoms with Gasteiger partial charge < -0.3 is 5.32 Å². The molecule has 0 spiro atoms. The molecule has 0 fully saturated rings. The van der Waals surface area contributed by atoms with Crippen LogP contribution >= 0.6 is 0 Å². The van der Waals surface area contributed by atoms with Crippen molar-refractivity contribution < 1.29 is 0 Å². The van der Waals surface area contributed by atoms with Gasteiger partial charge in [0.2, 0.25) is 0 Å². The van der Waals surface area contributed by atoms with Crippen LogP contribution in [-0.2, 0) is 6.54 Å². The molecular formula is C12H23N3. The zero-order chi connectivity index (χ0) is 11.1. The molecule has 1 aromatic heterocycles. The standard InChI is InChI=1S/C12H23N3/c1-4-7-11(6-3)14-12-9-13-15(10-12)8-5-2/h9-11,14H,4-8H2,1-3H3. The number of nitrogens with zero attached hydrogens (tertiary/aromatic N) is 2. The van der Waals surface area contributed by atoms with Crippen LogP contribution in [-0.4, -0.2) is 15.8 Å². The average Bonchev–Trinajstić information content (AvgIpc) is 2.66. The Morgan fingerprint density at radius 3 is 2.73 bits per heavy atom. The molecular weight excluding hydrogens is 186 g/mol. The van der Waals surface area contributed by atoms with E-state index in [-0.39, 0.29) is 0 Å². The monoisotopic (exact) mass is 209 g/mol. The molecule has 0 bridgehead atoms. The van der Waals surface area contributed by atoms with Crippen LogP contribution in [0.4, 0.5) is 5.69 Å². The maximum absolute atomic E-state index is 4.31. The average molecular weight is 209 g/mol. The van der Waals surface area contributed by atoms with E-state index in [0.717, 1.165) is 18.7 Å². The van der Waals surface area contributed by atoms with Gasteiger partial charge in [-0.2, -0.15) is 5.10 Å². The molecule has 1 atom stereocenters. The van der Waals surface area contributed by atoms with Gasteiger partial charge in [0.15, 0.2) is 0 Å². The molecule has 0 aliphatic heterocycles. The molecule has 0 aliphatic carbocycles. The van der Waals surface area contributed by atoms with Gasteiger partial charge in [0.1, 0.15) is 0 Å². The Bertz CT molecular complexity index is 268. The van der Waals surface area contributed by atoms with Gasteiger partial charge in [-0.1, -0.05) is 27.2 Å². The van der Waals surface area contributed by atoms with Crippen LogP contribution in [0.1, 0.15) is 46.5 Å². The number of aromatic nitrogens is 2. The van der Waals surface area contributed by atoms with Crippen molar-refractivity contribution in [1.29, 1.82) is 0 Å². The van der Waals surface area contributed by atoms with Crippen molar-refractivity contribution in [1.82, 2.24) is 9.78 Å². The zero-order valence-electron chi connectivity index (χ0n) is 10.2. The maximum atomic E-state index is 4.31. The molecule has 1 N–H and O–H groups in total. The van der Waals surface area contributed by atoms with Crippen LogP contribution in [0.5, 0.6) is 0 Å². The summed E-state index contributed by atoms with van der Waals surface area (Å²) in [6.45, 7) is 7.63. The van der Waals surface area contributed by atoms with Crippen molar-refractivity contribution in [3.05, 3.63) is 12.4 Å². The van der Waals surface area contributed by atoms with Crippen molar-refractivity contribution in [3.8, 4) is 0 Å². The number of hydrogen-bond donors (Lipinski definition) is 1. The molecule has 3 heteroatoms. The minimum absolute atomic E-state index is 0.592. The molecule has 0 saturated carbocycles. The molecule has 1 unspecified atom stereocenters. The Morgan fingerprint density at radius 2 is 2.13 bits per heavy atom. The minimum atomic E-state index is 0.592. The first-order valence-electron chi connectivity index (χ1n) is 6.09. The second-order valence-electron chi connectivity index (χ2n) is 4.03. The van der Waals surface area contributed by atoms with Crippen LogP contribution in [0.3, 0.4) is 0 Å². The highest BCUT2D eigenvalue weighted by molar-refractivity contribution is 5.39. The normalized spacial score (nSPS) is 12.7. The predicted molar refractivity (Wildman–Crippen MR) is 65.1 cm³/mol. The lowest BCUT2D eigenvalue weighted by Gasteiger charge is -2.15. The largest absolute Gasteiger partial charge is 0.380 e. The van der Waals surface area contributed by atoms with Crippen molar-refractivity contribution >= 4 is 5.69 Å². The van der Waals surface area contributed by atoms with Crippen molar-refractivity contribution in [2.24, 2.45) is 0 Å². The highest BCUT2D eigenvalue weighted by Gasteiger charge is 2.05. The van der Waals surface area contributed by atoms with Crippen molar-refractivity contribution in [2.45, 2.75) is 59.0 Å². The van der Waals surface area contributed by atoms with E-state index >= 15 is 0 Å². The molecule has 1 aromatic rings. The summed E-state index contributed by atoms with van der Waals surface area (Å²) in [4.78, 5) is 0. The topological polar surface area (TPSA) is 29.9 Å².